The van der Waals surface area contributed by atoms with Gasteiger partial charge in [0.1, 0.15) is 11.3 Å². The monoisotopic (exact) mass is 427 g/mol. The van der Waals surface area contributed by atoms with E-state index in [0.717, 1.165) is 6.07 Å². The summed E-state index contributed by atoms with van der Waals surface area (Å²) in [5, 5.41) is 28.8. The van der Waals surface area contributed by atoms with Gasteiger partial charge in [-0.2, -0.15) is 18.6 Å². The topological polar surface area (TPSA) is 162 Å². The summed E-state index contributed by atoms with van der Waals surface area (Å²) in [6.07, 6.45) is 1.33. The minimum Gasteiger partial charge on any atom is -0.507 e. The third-order valence-corrected chi connectivity index (χ3v) is 5.35. The standard InChI is InChI=1S/C18H13N5O6S/c24-16-9-6-13(11-15(16)18(25)26)21-20-12-4-7-14(8-5-12)30(28,29)23(22-27)17-3-1-2-10-19-17/h1-11,24H,(H,25,26). The number of pyridine rings is 1. The van der Waals surface area contributed by atoms with Crippen LogP contribution in [-0.2, 0) is 10.0 Å². The Bertz CT molecular complexity index is 1210. The molecule has 0 spiro atoms. The molecule has 12 heteroatoms. The van der Waals surface area contributed by atoms with Gasteiger partial charge in [0.2, 0.25) is 0 Å². The number of carboxylic acids is 1. The van der Waals surface area contributed by atoms with Crippen LogP contribution >= 0.6 is 0 Å². The van der Waals surface area contributed by atoms with Crippen LogP contribution in [-0.4, -0.2) is 29.6 Å². The van der Waals surface area contributed by atoms with Gasteiger partial charge >= 0.3 is 5.97 Å². The Morgan fingerprint density at radius 2 is 1.63 bits per heavy atom. The van der Waals surface area contributed by atoms with Crippen LogP contribution in [0.1, 0.15) is 10.4 Å². The number of anilines is 1. The highest BCUT2D eigenvalue weighted by Crippen LogP contribution is 2.27. The van der Waals surface area contributed by atoms with E-state index in [1.54, 1.807) is 6.07 Å². The summed E-state index contributed by atoms with van der Waals surface area (Å²) in [5.41, 5.74) is 0.111. The predicted octanol–water partition coefficient (Wildman–Crippen LogP) is 3.78. The van der Waals surface area contributed by atoms with Crippen molar-refractivity contribution in [2.75, 3.05) is 4.41 Å². The van der Waals surface area contributed by atoms with Crippen molar-refractivity contribution >= 4 is 33.2 Å². The molecule has 30 heavy (non-hydrogen) atoms. The van der Waals surface area contributed by atoms with Crippen molar-refractivity contribution in [2.45, 2.75) is 4.90 Å². The maximum atomic E-state index is 12.6. The molecule has 0 aliphatic rings. The number of sulfonamides is 1. The van der Waals surface area contributed by atoms with Crippen LogP contribution in [0.5, 0.6) is 5.75 Å². The summed E-state index contributed by atoms with van der Waals surface area (Å²) in [5.74, 6) is -1.88. The Labute approximate surface area is 170 Å². The van der Waals surface area contributed by atoms with E-state index in [0.29, 0.717) is 0 Å². The quantitative estimate of drug-likeness (QED) is 0.329. The number of hydrogen-bond acceptors (Lipinski definition) is 9. The minimum atomic E-state index is -4.28. The van der Waals surface area contributed by atoms with Crippen LogP contribution in [0, 0.1) is 4.91 Å². The Balaban J connectivity index is 1.84. The van der Waals surface area contributed by atoms with E-state index in [4.69, 9.17) is 5.11 Å². The first-order chi connectivity index (χ1) is 14.3. The minimum absolute atomic E-state index is 0.155. The molecule has 0 fully saturated rings. The largest absolute Gasteiger partial charge is 0.507 e. The Kier molecular flexibility index (Phi) is 5.78. The van der Waals surface area contributed by atoms with E-state index in [1.165, 1.54) is 54.7 Å². The highest BCUT2D eigenvalue weighted by Gasteiger charge is 2.27. The summed E-state index contributed by atoms with van der Waals surface area (Å²) in [6, 6.07) is 13.2. The van der Waals surface area contributed by atoms with Crippen LogP contribution in [0.25, 0.3) is 0 Å². The van der Waals surface area contributed by atoms with Gasteiger partial charge in [0.25, 0.3) is 10.0 Å². The molecular formula is C18H13N5O6S. The SMILES string of the molecule is O=NN(c1ccccn1)S(=O)(=O)c1ccc(N=Nc2ccc(O)c(C(=O)O)c2)cc1. The number of rotatable bonds is 7. The van der Waals surface area contributed by atoms with Crippen LogP contribution in [0.15, 0.2) is 87.3 Å². The molecule has 0 radical (unpaired) electrons. The molecule has 2 N–H and O–H groups in total. The molecule has 0 atom stereocenters. The lowest BCUT2D eigenvalue weighted by molar-refractivity contribution is 0.0693. The smallest absolute Gasteiger partial charge is 0.339 e. The van der Waals surface area contributed by atoms with Gasteiger partial charge < -0.3 is 10.2 Å². The van der Waals surface area contributed by atoms with E-state index >= 15 is 0 Å². The molecule has 0 amide bonds. The van der Waals surface area contributed by atoms with Gasteiger partial charge in [-0.25, -0.2) is 9.78 Å². The zero-order valence-electron chi connectivity index (χ0n) is 15.0. The molecule has 1 heterocycles. The molecule has 0 saturated heterocycles. The number of carboxylic acid groups (broad SMARTS) is 1. The number of benzene rings is 2. The molecule has 3 aromatic rings. The summed E-state index contributed by atoms with van der Waals surface area (Å²) in [4.78, 5) is 25.7. The fourth-order valence-electron chi connectivity index (χ4n) is 2.33. The van der Waals surface area contributed by atoms with E-state index in [2.05, 4.69) is 20.5 Å². The maximum absolute atomic E-state index is 12.6. The fraction of sp³-hybridized carbons (Fsp3) is 0. The normalized spacial score (nSPS) is 11.3. The van der Waals surface area contributed by atoms with Gasteiger partial charge in [0, 0.05) is 6.20 Å². The highest BCUT2D eigenvalue weighted by atomic mass is 32.2. The van der Waals surface area contributed by atoms with Crippen LogP contribution in [0.3, 0.4) is 0 Å². The number of nitroso groups, excluding NO2 is 1. The maximum Gasteiger partial charge on any atom is 0.339 e. The van der Waals surface area contributed by atoms with Gasteiger partial charge in [-0.1, -0.05) is 10.5 Å². The lowest BCUT2D eigenvalue weighted by Gasteiger charge is -2.14. The van der Waals surface area contributed by atoms with Gasteiger partial charge in [0.05, 0.1) is 21.6 Å². The Morgan fingerprint density at radius 3 is 2.23 bits per heavy atom. The fourth-order valence-corrected chi connectivity index (χ4v) is 3.46. The molecule has 2 aromatic carbocycles. The lowest BCUT2D eigenvalue weighted by Crippen LogP contribution is -2.25. The lowest BCUT2D eigenvalue weighted by atomic mass is 10.2. The van der Waals surface area contributed by atoms with Gasteiger partial charge in [0.15, 0.2) is 5.82 Å². The zero-order chi connectivity index (χ0) is 21.7. The predicted molar refractivity (Wildman–Crippen MR) is 105 cm³/mol. The first kappa shape index (κ1) is 20.5. The van der Waals surface area contributed by atoms with Crippen molar-refractivity contribution in [1.29, 1.82) is 0 Å². The zero-order valence-corrected chi connectivity index (χ0v) is 15.8. The molecule has 0 unspecified atom stereocenters. The van der Waals surface area contributed by atoms with E-state index in [9.17, 15) is 23.2 Å². The molecule has 3 rings (SSSR count). The van der Waals surface area contributed by atoms with Crippen molar-refractivity contribution in [3.8, 4) is 5.75 Å². The van der Waals surface area contributed by atoms with Crippen LogP contribution < -0.4 is 4.41 Å². The number of aromatic hydroxyl groups is 1. The van der Waals surface area contributed by atoms with Crippen molar-refractivity contribution in [2.24, 2.45) is 15.5 Å². The highest BCUT2D eigenvalue weighted by molar-refractivity contribution is 7.92. The van der Waals surface area contributed by atoms with E-state index in [1.807, 2.05) is 0 Å². The second-order valence-electron chi connectivity index (χ2n) is 5.72. The summed E-state index contributed by atoms with van der Waals surface area (Å²) in [6.45, 7) is 0. The Morgan fingerprint density at radius 1 is 0.967 bits per heavy atom. The third-order valence-electron chi connectivity index (χ3n) is 3.77. The molecule has 0 saturated carbocycles. The van der Waals surface area contributed by atoms with Crippen molar-refractivity contribution < 1.29 is 23.4 Å². The first-order valence-corrected chi connectivity index (χ1v) is 9.64. The average Bonchev–Trinajstić information content (AvgIpc) is 2.74. The van der Waals surface area contributed by atoms with Crippen molar-refractivity contribution in [3.63, 3.8) is 0 Å². The second kappa shape index (κ2) is 8.45. The van der Waals surface area contributed by atoms with Gasteiger partial charge in [-0.15, -0.1) is 4.91 Å². The summed E-state index contributed by atoms with van der Waals surface area (Å²) in [7, 11) is -4.28. The number of hydrogen-bond donors (Lipinski definition) is 2. The summed E-state index contributed by atoms with van der Waals surface area (Å²) < 4.78 is 25.6. The molecule has 1 aromatic heterocycles. The number of aromatic carboxylic acids is 1. The van der Waals surface area contributed by atoms with Gasteiger partial charge in [-0.05, 0) is 54.6 Å². The number of azo groups is 1. The molecule has 0 aliphatic carbocycles. The number of phenols is 1. The van der Waals surface area contributed by atoms with Crippen LogP contribution in [0.2, 0.25) is 0 Å². The molecule has 0 bridgehead atoms. The van der Waals surface area contributed by atoms with E-state index < -0.39 is 21.7 Å². The number of aromatic nitrogens is 1. The van der Waals surface area contributed by atoms with Crippen molar-refractivity contribution in [1.82, 2.24) is 4.98 Å². The first-order valence-electron chi connectivity index (χ1n) is 8.20. The van der Waals surface area contributed by atoms with Gasteiger partial charge in [-0.3, -0.25) is 0 Å². The Hall–Kier alpha value is -4.19. The second-order valence-corrected chi connectivity index (χ2v) is 7.49. The molecular weight excluding hydrogens is 414 g/mol. The average molecular weight is 427 g/mol. The molecule has 0 aliphatic heterocycles. The number of nitrogens with zero attached hydrogens (tertiary/aromatic N) is 5. The van der Waals surface area contributed by atoms with E-state index in [-0.39, 0.29) is 32.1 Å². The van der Waals surface area contributed by atoms with Crippen molar-refractivity contribution in [3.05, 3.63) is 77.3 Å². The molecule has 152 valence electrons. The third kappa shape index (κ3) is 4.28. The summed E-state index contributed by atoms with van der Waals surface area (Å²) >= 11 is 0. The molecule has 11 nitrogen and oxygen atoms in total. The number of carbonyl (C=O) groups is 1. The van der Waals surface area contributed by atoms with Crippen LogP contribution in [0.4, 0.5) is 17.2 Å².